The summed E-state index contributed by atoms with van der Waals surface area (Å²) in [4.78, 5) is 30.7. The van der Waals surface area contributed by atoms with Crippen LogP contribution in [0.5, 0.6) is 17.2 Å². The van der Waals surface area contributed by atoms with E-state index in [4.69, 9.17) is 14.2 Å². The van der Waals surface area contributed by atoms with Gasteiger partial charge >= 0.3 is 0 Å². The molecule has 2 amide bonds. The molecule has 0 radical (unpaired) electrons. The summed E-state index contributed by atoms with van der Waals surface area (Å²) < 4.78 is 16.1. The first kappa shape index (κ1) is 19.4. The maximum absolute atomic E-state index is 12.5. The van der Waals surface area contributed by atoms with Gasteiger partial charge in [0.1, 0.15) is 5.82 Å². The van der Waals surface area contributed by atoms with E-state index in [2.05, 4.69) is 15.2 Å². The minimum atomic E-state index is -0.292. The fourth-order valence-corrected chi connectivity index (χ4v) is 3.41. The topological polar surface area (TPSA) is 107 Å². The van der Waals surface area contributed by atoms with Gasteiger partial charge < -0.3 is 14.2 Å². The minimum absolute atomic E-state index is 0.205. The molecule has 0 aliphatic carbocycles. The molecular formula is C21H20N4O5. The molecule has 0 bridgehead atoms. The second-order valence-electron chi connectivity index (χ2n) is 6.58. The van der Waals surface area contributed by atoms with Gasteiger partial charge in [0, 0.05) is 18.5 Å². The van der Waals surface area contributed by atoms with Gasteiger partial charge in [-0.15, -0.1) is 0 Å². The average Bonchev–Trinajstić information content (AvgIpc) is 3.35. The number of ether oxygens (including phenoxy) is 3. The Bertz CT molecular complexity index is 1060. The van der Waals surface area contributed by atoms with E-state index in [-0.39, 0.29) is 18.4 Å². The third-order valence-corrected chi connectivity index (χ3v) is 4.91. The number of carbonyl (C=O) groups is 2. The number of nitrogens with one attached hydrogen (secondary N) is 1. The van der Waals surface area contributed by atoms with Crippen molar-refractivity contribution in [2.75, 3.05) is 27.9 Å². The third-order valence-electron chi connectivity index (χ3n) is 4.91. The van der Waals surface area contributed by atoms with Crippen LogP contribution in [0.3, 0.4) is 0 Å². The lowest BCUT2D eigenvalue weighted by atomic mass is 10.1. The van der Waals surface area contributed by atoms with Crippen LogP contribution in [0.4, 0.5) is 0 Å². The Balaban J connectivity index is 1.52. The van der Waals surface area contributed by atoms with Crippen LogP contribution in [0.15, 0.2) is 36.4 Å². The number of carbonyl (C=O) groups excluding carboxylic acids is 2. The van der Waals surface area contributed by atoms with Crippen molar-refractivity contribution in [3.63, 3.8) is 0 Å². The van der Waals surface area contributed by atoms with E-state index in [0.29, 0.717) is 52.0 Å². The van der Waals surface area contributed by atoms with Crippen LogP contribution in [0, 0.1) is 0 Å². The molecular weight excluding hydrogens is 388 g/mol. The summed E-state index contributed by atoms with van der Waals surface area (Å²) in [6, 6.07) is 10.3. The van der Waals surface area contributed by atoms with Crippen molar-refractivity contribution in [3.8, 4) is 28.6 Å². The van der Waals surface area contributed by atoms with Gasteiger partial charge in [0.2, 0.25) is 5.75 Å². The first-order valence-corrected chi connectivity index (χ1v) is 9.24. The van der Waals surface area contributed by atoms with Crippen molar-refractivity contribution in [3.05, 3.63) is 53.3 Å². The molecule has 2 heterocycles. The highest BCUT2D eigenvalue weighted by atomic mass is 16.5. The van der Waals surface area contributed by atoms with Gasteiger partial charge in [-0.25, -0.2) is 4.98 Å². The SMILES string of the molecule is COc1cc(-c2n[nH]c(CCN3C(=O)c4ccccc4C3=O)n2)cc(OC)c1OC. The van der Waals surface area contributed by atoms with Crippen LogP contribution in [0.1, 0.15) is 26.5 Å². The Labute approximate surface area is 172 Å². The van der Waals surface area contributed by atoms with Crippen molar-refractivity contribution < 1.29 is 23.8 Å². The molecule has 2 aromatic carbocycles. The molecule has 0 atom stereocenters. The lowest BCUT2D eigenvalue weighted by molar-refractivity contribution is 0.0655. The standard InChI is InChI=1S/C21H20N4O5/c1-28-15-10-12(11-16(29-2)18(15)30-3)19-22-17(23-24-19)8-9-25-20(26)13-6-4-5-7-14(13)21(25)27/h4-7,10-11H,8-9H2,1-3H3,(H,22,23,24). The molecule has 1 aliphatic rings. The Morgan fingerprint density at radius 1 is 0.933 bits per heavy atom. The van der Waals surface area contributed by atoms with E-state index in [9.17, 15) is 9.59 Å². The molecule has 9 heteroatoms. The third kappa shape index (κ3) is 3.24. The van der Waals surface area contributed by atoms with E-state index < -0.39 is 0 Å². The molecule has 154 valence electrons. The van der Waals surface area contributed by atoms with E-state index in [1.165, 1.54) is 26.2 Å². The van der Waals surface area contributed by atoms with Crippen LogP contribution in [-0.4, -0.2) is 59.8 Å². The van der Waals surface area contributed by atoms with Gasteiger partial charge in [-0.3, -0.25) is 19.6 Å². The minimum Gasteiger partial charge on any atom is -0.493 e. The Hall–Kier alpha value is -3.88. The van der Waals surface area contributed by atoms with Gasteiger partial charge in [0.15, 0.2) is 17.3 Å². The average molecular weight is 408 g/mol. The van der Waals surface area contributed by atoms with Crippen LogP contribution in [0.25, 0.3) is 11.4 Å². The highest BCUT2D eigenvalue weighted by Crippen LogP contribution is 2.40. The molecule has 0 saturated heterocycles. The van der Waals surface area contributed by atoms with Crippen molar-refractivity contribution in [1.29, 1.82) is 0 Å². The first-order valence-electron chi connectivity index (χ1n) is 9.24. The number of H-pyrrole nitrogens is 1. The number of fused-ring (bicyclic) bond motifs is 1. The highest BCUT2D eigenvalue weighted by Gasteiger charge is 2.34. The first-order chi connectivity index (χ1) is 14.6. The van der Waals surface area contributed by atoms with Gasteiger partial charge in [0.05, 0.1) is 32.5 Å². The summed E-state index contributed by atoms with van der Waals surface area (Å²) in [5.74, 6) is 1.86. The summed E-state index contributed by atoms with van der Waals surface area (Å²) in [7, 11) is 4.60. The van der Waals surface area contributed by atoms with Gasteiger partial charge in [-0.05, 0) is 24.3 Å². The van der Waals surface area contributed by atoms with E-state index in [1.54, 1.807) is 36.4 Å². The summed E-state index contributed by atoms with van der Waals surface area (Å²) in [5, 5.41) is 7.10. The predicted octanol–water partition coefficient (Wildman–Crippen LogP) is 2.34. The zero-order valence-corrected chi connectivity index (χ0v) is 16.8. The zero-order valence-electron chi connectivity index (χ0n) is 16.8. The number of hydrogen-bond donors (Lipinski definition) is 1. The van der Waals surface area contributed by atoms with Crippen molar-refractivity contribution >= 4 is 11.8 Å². The molecule has 9 nitrogen and oxygen atoms in total. The number of imide groups is 1. The molecule has 4 rings (SSSR count). The molecule has 0 unspecified atom stereocenters. The quantitative estimate of drug-likeness (QED) is 0.598. The number of rotatable bonds is 7. The van der Waals surface area contributed by atoms with Crippen molar-refractivity contribution in [1.82, 2.24) is 20.1 Å². The van der Waals surface area contributed by atoms with Crippen LogP contribution in [-0.2, 0) is 6.42 Å². The number of methoxy groups -OCH3 is 3. The fourth-order valence-electron chi connectivity index (χ4n) is 3.41. The second-order valence-corrected chi connectivity index (χ2v) is 6.58. The number of aromatic amines is 1. The van der Waals surface area contributed by atoms with Crippen LogP contribution < -0.4 is 14.2 Å². The summed E-state index contributed by atoms with van der Waals surface area (Å²) in [6.45, 7) is 0.205. The maximum atomic E-state index is 12.5. The van der Waals surface area contributed by atoms with Gasteiger partial charge in [0.25, 0.3) is 11.8 Å². The van der Waals surface area contributed by atoms with Crippen molar-refractivity contribution in [2.24, 2.45) is 0 Å². The van der Waals surface area contributed by atoms with E-state index >= 15 is 0 Å². The zero-order chi connectivity index (χ0) is 21.3. The van der Waals surface area contributed by atoms with E-state index in [0.717, 1.165) is 0 Å². The largest absolute Gasteiger partial charge is 0.493 e. The van der Waals surface area contributed by atoms with Crippen molar-refractivity contribution in [2.45, 2.75) is 6.42 Å². The monoisotopic (exact) mass is 408 g/mol. The Kier molecular flexibility index (Phi) is 5.09. The fraction of sp³-hybridized carbons (Fsp3) is 0.238. The molecule has 0 fully saturated rings. The van der Waals surface area contributed by atoms with Gasteiger partial charge in [-0.1, -0.05) is 12.1 Å². The molecule has 1 N–H and O–H groups in total. The molecule has 1 aliphatic heterocycles. The second kappa shape index (κ2) is 7.86. The lowest BCUT2D eigenvalue weighted by Crippen LogP contribution is -2.31. The number of benzene rings is 2. The van der Waals surface area contributed by atoms with Crippen LogP contribution >= 0.6 is 0 Å². The van der Waals surface area contributed by atoms with Gasteiger partial charge in [-0.2, -0.15) is 5.10 Å². The molecule has 0 saturated carbocycles. The summed E-state index contributed by atoms with van der Waals surface area (Å²) in [5.41, 5.74) is 1.53. The number of amides is 2. The number of aromatic nitrogens is 3. The van der Waals surface area contributed by atoms with Crippen LogP contribution in [0.2, 0.25) is 0 Å². The Morgan fingerprint density at radius 3 is 2.07 bits per heavy atom. The number of nitrogens with zero attached hydrogens (tertiary/aromatic N) is 3. The van der Waals surface area contributed by atoms with E-state index in [1.807, 2.05) is 0 Å². The predicted molar refractivity (Wildman–Crippen MR) is 107 cm³/mol. The maximum Gasteiger partial charge on any atom is 0.261 e. The molecule has 30 heavy (non-hydrogen) atoms. The highest BCUT2D eigenvalue weighted by molar-refractivity contribution is 6.21. The summed E-state index contributed by atoms with van der Waals surface area (Å²) in [6.07, 6.45) is 0.350. The number of hydrogen-bond acceptors (Lipinski definition) is 7. The summed E-state index contributed by atoms with van der Waals surface area (Å²) >= 11 is 0. The lowest BCUT2D eigenvalue weighted by Gasteiger charge is -2.13. The Morgan fingerprint density at radius 2 is 1.53 bits per heavy atom. The normalized spacial score (nSPS) is 12.8. The molecule has 3 aromatic rings. The smallest absolute Gasteiger partial charge is 0.261 e. The molecule has 0 spiro atoms. The molecule has 1 aromatic heterocycles.